The number of benzene rings is 3. The van der Waals surface area contributed by atoms with E-state index in [-0.39, 0.29) is 12.3 Å². The van der Waals surface area contributed by atoms with Gasteiger partial charge in [0.1, 0.15) is 5.69 Å². The van der Waals surface area contributed by atoms with Crippen LogP contribution in [-0.2, 0) is 11.2 Å². The maximum absolute atomic E-state index is 12.6. The summed E-state index contributed by atoms with van der Waals surface area (Å²) >= 11 is 5.92. The van der Waals surface area contributed by atoms with E-state index < -0.39 is 0 Å². The number of hydrogen-bond acceptors (Lipinski definition) is 4. The molecule has 0 aliphatic heterocycles. The summed E-state index contributed by atoms with van der Waals surface area (Å²) in [5.74, 6) is 0.214. The molecule has 5 nitrogen and oxygen atoms in total. The van der Waals surface area contributed by atoms with Crippen LogP contribution in [0.2, 0.25) is 5.02 Å². The number of nitrogens with one attached hydrogen (secondary N) is 1. The monoisotopic (exact) mass is 440 g/mol. The lowest BCUT2D eigenvalue weighted by molar-refractivity contribution is -0.115. The van der Waals surface area contributed by atoms with Crippen molar-refractivity contribution in [2.24, 2.45) is 0 Å². The van der Waals surface area contributed by atoms with Crippen molar-refractivity contribution in [2.45, 2.75) is 6.42 Å². The summed E-state index contributed by atoms with van der Waals surface area (Å²) in [6, 6.07) is 24.5. The standard InChI is InChI=1S/C26H21ClN4O/c27-21-11-6-19(7-12-21)16-25(32)31-26-23(15-8-18-4-2-1-3-5-18)30-24(17-29-26)20-9-13-22(28)14-10-20/h1-15,17H,16,28H2,(H,29,31,32). The van der Waals surface area contributed by atoms with Crippen LogP contribution in [0.15, 0.2) is 85.1 Å². The molecule has 1 aromatic heterocycles. The highest BCUT2D eigenvalue weighted by molar-refractivity contribution is 6.30. The van der Waals surface area contributed by atoms with Gasteiger partial charge in [-0.2, -0.15) is 0 Å². The molecule has 4 aromatic rings. The van der Waals surface area contributed by atoms with Gasteiger partial charge < -0.3 is 11.1 Å². The van der Waals surface area contributed by atoms with Crippen molar-refractivity contribution in [3.8, 4) is 11.3 Å². The van der Waals surface area contributed by atoms with Crippen LogP contribution >= 0.6 is 11.6 Å². The third kappa shape index (κ3) is 5.59. The van der Waals surface area contributed by atoms with Gasteiger partial charge in [0.25, 0.3) is 0 Å². The van der Waals surface area contributed by atoms with Crippen molar-refractivity contribution in [3.05, 3.63) is 107 Å². The first-order chi connectivity index (χ1) is 15.6. The Balaban J connectivity index is 1.62. The second-order valence-corrected chi connectivity index (χ2v) is 7.64. The molecule has 1 amide bonds. The van der Waals surface area contributed by atoms with Gasteiger partial charge >= 0.3 is 0 Å². The molecule has 0 aliphatic carbocycles. The van der Waals surface area contributed by atoms with Gasteiger partial charge in [-0.25, -0.2) is 9.97 Å². The molecule has 158 valence electrons. The average Bonchev–Trinajstić information content (AvgIpc) is 2.81. The molecule has 6 heteroatoms. The minimum absolute atomic E-state index is 0.184. The van der Waals surface area contributed by atoms with Crippen molar-refractivity contribution >= 4 is 41.2 Å². The second-order valence-electron chi connectivity index (χ2n) is 7.21. The number of rotatable bonds is 6. The minimum atomic E-state index is -0.184. The second kappa shape index (κ2) is 9.90. The highest BCUT2D eigenvalue weighted by atomic mass is 35.5. The molecule has 0 saturated heterocycles. The highest BCUT2D eigenvalue weighted by Crippen LogP contribution is 2.22. The number of amides is 1. The smallest absolute Gasteiger partial charge is 0.230 e. The number of halogens is 1. The van der Waals surface area contributed by atoms with E-state index in [0.29, 0.717) is 27.9 Å². The Kier molecular flexibility index (Phi) is 6.58. The molecule has 0 spiro atoms. The Hall–Kier alpha value is -3.96. The van der Waals surface area contributed by atoms with Crippen molar-refractivity contribution in [3.63, 3.8) is 0 Å². The van der Waals surface area contributed by atoms with Crippen LogP contribution in [0.25, 0.3) is 23.4 Å². The molecule has 0 atom stereocenters. The Bertz CT molecular complexity index is 1240. The summed E-state index contributed by atoms with van der Waals surface area (Å²) in [6.07, 6.45) is 5.64. The van der Waals surface area contributed by atoms with Crippen LogP contribution in [0.5, 0.6) is 0 Å². The third-order valence-corrected chi connectivity index (χ3v) is 5.03. The van der Waals surface area contributed by atoms with Crippen LogP contribution in [0.3, 0.4) is 0 Å². The molecule has 0 aliphatic rings. The van der Waals surface area contributed by atoms with Gasteiger partial charge in [0.15, 0.2) is 5.82 Å². The molecular formula is C26H21ClN4O. The maximum atomic E-state index is 12.6. The SMILES string of the molecule is Nc1ccc(-c2cnc(NC(=O)Cc3ccc(Cl)cc3)c(C=Cc3ccccc3)n2)cc1. The molecule has 0 bridgehead atoms. The molecule has 3 aromatic carbocycles. The Morgan fingerprint density at radius 2 is 1.66 bits per heavy atom. The highest BCUT2D eigenvalue weighted by Gasteiger charge is 2.11. The van der Waals surface area contributed by atoms with Crippen LogP contribution in [-0.4, -0.2) is 15.9 Å². The third-order valence-electron chi connectivity index (χ3n) is 4.77. The van der Waals surface area contributed by atoms with Crippen LogP contribution in [0.1, 0.15) is 16.8 Å². The lowest BCUT2D eigenvalue weighted by Crippen LogP contribution is -2.16. The fourth-order valence-corrected chi connectivity index (χ4v) is 3.24. The first kappa shape index (κ1) is 21.3. The molecule has 32 heavy (non-hydrogen) atoms. The number of carbonyl (C=O) groups excluding carboxylic acids is 1. The van der Waals surface area contributed by atoms with Crippen LogP contribution in [0.4, 0.5) is 11.5 Å². The first-order valence-electron chi connectivity index (χ1n) is 10.1. The average molecular weight is 441 g/mol. The van der Waals surface area contributed by atoms with E-state index in [9.17, 15) is 4.79 Å². The van der Waals surface area contributed by atoms with Gasteiger partial charge in [-0.05, 0) is 41.5 Å². The normalized spacial score (nSPS) is 10.9. The summed E-state index contributed by atoms with van der Waals surface area (Å²) in [6.45, 7) is 0. The molecule has 3 N–H and O–H groups in total. The largest absolute Gasteiger partial charge is 0.399 e. The summed E-state index contributed by atoms with van der Waals surface area (Å²) < 4.78 is 0. The fraction of sp³-hybridized carbons (Fsp3) is 0.0385. The number of nitrogens with two attached hydrogens (primary N) is 1. The Morgan fingerprint density at radius 3 is 2.38 bits per heavy atom. The lowest BCUT2D eigenvalue weighted by atomic mass is 10.1. The van der Waals surface area contributed by atoms with Crippen molar-refractivity contribution in [1.29, 1.82) is 0 Å². The predicted molar refractivity (Wildman–Crippen MR) is 131 cm³/mol. The molecule has 0 radical (unpaired) electrons. The number of nitrogen functional groups attached to an aromatic ring is 1. The molecule has 0 saturated carbocycles. The van der Waals surface area contributed by atoms with Crippen molar-refractivity contribution in [1.82, 2.24) is 9.97 Å². The zero-order valence-electron chi connectivity index (χ0n) is 17.2. The van der Waals surface area contributed by atoms with E-state index in [2.05, 4.69) is 10.3 Å². The van der Waals surface area contributed by atoms with E-state index in [0.717, 1.165) is 16.7 Å². The maximum Gasteiger partial charge on any atom is 0.230 e. The van der Waals surface area contributed by atoms with Crippen molar-refractivity contribution < 1.29 is 4.79 Å². The van der Waals surface area contributed by atoms with Gasteiger partial charge in [-0.15, -0.1) is 0 Å². The van der Waals surface area contributed by atoms with E-state index in [1.54, 1.807) is 18.3 Å². The molecular weight excluding hydrogens is 420 g/mol. The summed E-state index contributed by atoms with van der Waals surface area (Å²) in [7, 11) is 0. The van der Waals surface area contributed by atoms with Crippen molar-refractivity contribution in [2.75, 3.05) is 11.1 Å². The fourth-order valence-electron chi connectivity index (χ4n) is 3.11. The molecule has 4 rings (SSSR count). The van der Waals surface area contributed by atoms with Gasteiger partial charge in [0.05, 0.1) is 18.3 Å². The zero-order chi connectivity index (χ0) is 22.3. The number of anilines is 2. The Labute approximate surface area is 191 Å². The Morgan fingerprint density at radius 1 is 0.938 bits per heavy atom. The summed E-state index contributed by atoms with van der Waals surface area (Å²) in [5, 5.41) is 3.51. The lowest BCUT2D eigenvalue weighted by Gasteiger charge is -2.10. The number of aromatic nitrogens is 2. The minimum Gasteiger partial charge on any atom is -0.399 e. The van der Waals surface area contributed by atoms with Gasteiger partial charge in [0.2, 0.25) is 5.91 Å². The number of hydrogen-bond donors (Lipinski definition) is 2. The van der Waals surface area contributed by atoms with E-state index in [1.165, 1.54) is 0 Å². The number of carbonyl (C=O) groups is 1. The first-order valence-corrected chi connectivity index (χ1v) is 10.4. The quantitative estimate of drug-likeness (QED) is 0.375. The van der Waals surface area contributed by atoms with E-state index in [1.807, 2.05) is 78.9 Å². The number of nitrogens with zero attached hydrogens (tertiary/aromatic N) is 2. The van der Waals surface area contributed by atoms with Crippen LogP contribution < -0.4 is 11.1 Å². The summed E-state index contributed by atoms with van der Waals surface area (Å²) in [5.41, 5.74) is 10.5. The zero-order valence-corrected chi connectivity index (χ0v) is 18.0. The molecule has 0 fully saturated rings. The molecule has 0 unspecified atom stereocenters. The van der Waals surface area contributed by atoms with E-state index >= 15 is 0 Å². The predicted octanol–water partition coefficient (Wildman–Crippen LogP) is 5.73. The van der Waals surface area contributed by atoms with Crippen LogP contribution in [0, 0.1) is 0 Å². The summed E-state index contributed by atoms with van der Waals surface area (Å²) in [4.78, 5) is 21.9. The molecule has 1 heterocycles. The van der Waals surface area contributed by atoms with Gasteiger partial charge in [0, 0.05) is 16.3 Å². The van der Waals surface area contributed by atoms with E-state index in [4.69, 9.17) is 22.3 Å². The van der Waals surface area contributed by atoms with Gasteiger partial charge in [-0.3, -0.25) is 4.79 Å². The topological polar surface area (TPSA) is 80.9 Å². The van der Waals surface area contributed by atoms with Gasteiger partial charge in [-0.1, -0.05) is 72.3 Å².